The van der Waals surface area contributed by atoms with E-state index in [0.29, 0.717) is 11.1 Å². The van der Waals surface area contributed by atoms with Gasteiger partial charge in [-0.2, -0.15) is 0 Å². The van der Waals surface area contributed by atoms with Gasteiger partial charge in [0.25, 0.3) is 0 Å². The first kappa shape index (κ1) is 9.74. The molecule has 0 N–H and O–H groups in total. The van der Waals surface area contributed by atoms with Gasteiger partial charge in [-0.15, -0.1) is 0 Å². The van der Waals surface area contributed by atoms with E-state index in [9.17, 15) is 9.90 Å². The van der Waals surface area contributed by atoms with Crippen LogP contribution in [0, 0.1) is 0 Å². The lowest BCUT2D eigenvalue weighted by molar-refractivity contribution is 0.0600. The van der Waals surface area contributed by atoms with Crippen molar-refractivity contribution in [3.8, 4) is 0 Å². The molecule has 0 saturated heterocycles. The lowest BCUT2D eigenvalue weighted by Gasteiger charge is -2.04. The van der Waals surface area contributed by atoms with Gasteiger partial charge in [-0.1, -0.05) is 12.1 Å². The molecule has 13 heavy (non-hydrogen) atoms. The Hall–Kier alpha value is -1.35. The van der Waals surface area contributed by atoms with Crippen LogP contribution in [0.4, 0.5) is 0 Å². The van der Waals surface area contributed by atoms with Crippen LogP contribution in [-0.2, 0) is 9.84 Å². The summed E-state index contributed by atoms with van der Waals surface area (Å²) in [6.07, 6.45) is -0.815. The van der Waals surface area contributed by atoms with Crippen molar-refractivity contribution in [1.29, 1.82) is 0 Å². The van der Waals surface area contributed by atoms with Crippen LogP contribution in [0.2, 0.25) is 0 Å². The topological polar surface area (TPSA) is 46.2 Å². The monoisotopic (exact) mass is 179 g/mol. The van der Waals surface area contributed by atoms with E-state index in [-0.39, 0.29) is 0 Å². The summed E-state index contributed by atoms with van der Waals surface area (Å²) in [5.41, 5.74) is 1.02. The molecule has 0 heterocycles. The molecule has 0 aliphatic carbocycles. The van der Waals surface area contributed by atoms with Gasteiger partial charge in [0.2, 0.25) is 0 Å². The number of carbonyl (C=O) groups excluding carboxylic acids is 1. The van der Waals surface area contributed by atoms with E-state index in [1.807, 2.05) is 0 Å². The molecule has 1 aromatic rings. The number of carbonyl (C=O) groups is 1. The molecule has 0 fully saturated rings. The van der Waals surface area contributed by atoms with Gasteiger partial charge in [-0.25, -0.2) is 9.90 Å². The van der Waals surface area contributed by atoms with Gasteiger partial charge in [0, 0.05) is 0 Å². The summed E-state index contributed by atoms with van der Waals surface area (Å²) < 4.78 is 4.53. The Kier molecular flexibility index (Phi) is 3.03. The molecule has 1 aromatic carbocycles. The first-order valence-corrected chi connectivity index (χ1v) is 3.99. The highest BCUT2D eigenvalue weighted by Crippen LogP contribution is 2.14. The van der Waals surface area contributed by atoms with E-state index >= 15 is 0 Å². The van der Waals surface area contributed by atoms with Gasteiger partial charge in [0.15, 0.2) is 0 Å². The summed E-state index contributed by atoms with van der Waals surface area (Å²) >= 11 is 0. The standard InChI is InChI=1S/C10H11O3/c1-7(11)8-4-3-5-9(6-8)10(12)13-2/h3-7H,1-2H3. The Labute approximate surface area is 77.0 Å². The highest BCUT2D eigenvalue weighted by atomic mass is 16.5. The maximum Gasteiger partial charge on any atom is 0.337 e. The van der Waals surface area contributed by atoms with Crippen LogP contribution in [0.1, 0.15) is 28.9 Å². The predicted molar refractivity (Wildman–Crippen MR) is 46.9 cm³/mol. The molecule has 1 unspecified atom stereocenters. The van der Waals surface area contributed by atoms with Gasteiger partial charge in [-0.05, 0) is 24.6 Å². The van der Waals surface area contributed by atoms with Crippen molar-refractivity contribution in [3.05, 3.63) is 35.4 Å². The van der Waals surface area contributed by atoms with Crippen LogP contribution in [0.15, 0.2) is 24.3 Å². The highest BCUT2D eigenvalue weighted by Gasteiger charge is 2.08. The second-order valence-corrected chi connectivity index (χ2v) is 2.76. The maximum absolute atomic E-state index is 11.1. The van der Waals surface area contributed by atoms with E-state index in [2.05, 4.69) is 4.74 Å². The number of hydrogen-bond donors (Lipinski definition) is 0. The second-order valence-electron chi connectivity index (χ2n) is 2.76. The molecule has 0 bridgehead atoms. The number of hydrogen-bond acceptors (Lipinski definition) is 2. The number of benzene rings is 1. The predicted octanol–water partition coefficient (Wildman–Crippen LogP) is 1.96. The Morgan fingerprint density at radius 1 is 1.46 bits per heavy atom. The minimum Gasteiger partial charge on any atom is -0.465 e. The lowest BCUT2D eigenvalue weighted by atomic mass is 10.1. The summed E-state index contributed by atoms with van der Waals surface area (Å²) in [6.45, 7) is 1.54. The van der Waals surface area contributed by atoms with Crippen LogP contribution in [0.5, 0.6) is 0 Å². The fourth-order valence-corrected chi connectivity index (χ4v) is 1.04. The maximum atomic E-state index is 11.1. The van der Waals surface area contributed by atoms with E-state index in [1.165, 1.54) is 14.0 Å². The van der Waals surface area contributed by atoms with Crippen molar-refractivity contribution in [2.24, 2.45) is 0 Å². The first-order valence-electron chi connectivity index (χ1n) is 3.99. The number of rotatable bonds is 2. The van der Waals surface area contributed by atoms with Crippen LogP contribution in [-0.4, -0.2) is 13.1 Å². The molecule has 0 amide bonds. The van der Waals surface area contributed by atoms with E-state index < -0.39 is 12.1 Å². The van der Waals surface area contributed by atoms with Crippen LogP contribution in [0.3, 0.4) is 0 Å². The normalized spacial score (nSPS) is 12.2. The molecular formula is C10H11O3. The van der Waals surface area contributed by atoms with Crippen molar-refractivity contribution in [2.45, 2.75) is 13.0 Å². The molecule has 1 rings (SSSR count). The lowest BCUT2D eigenvalue weighted by Crippen LogP contribution is -2.02. The third-order valence-electron chi connectivity index (χ3n) is 1.78. The van der Waals surface area contributed by atoms with Gasteiger partial charge >= 0.3 is 5.97 Å². The highest BCUT2D eigenvalue weighted by molar-refractivity contribution is 5.89. The Morgan fingerprint density at radius 2 is 2.15 bits per heavy atom. The zero-order valence-electron chi connectivity index (χ0n) is 7.61. The Bertz CT molecular complexity index is 305. The van der Waals surface area contributed by atoms with Crippen molar-refractivity contribution < 1.29 is 14.6 Å². The van der Waals surface area contributed by atoms with Gasteiger partial charge in [0.1, 0.15) is 6.10 Å². The first-order chi connectivity index (χ1) is 6.15. The molecule has 0 spiro atoms. The molecule has 69 valence electrons. The molecule has 0 aromatic heterocycles. The van der Waals surface area contributed by atoms with E-state index in [1.54, 1.807) is 24.3 Å². The van der Waals surface area contributed by atoms with E-state index in [4.69, 9.17) is 0 Å². The summed E-state index contributed by atoms with van der Waals surface area (Å²) in [5.74, 6) is -0.414. The van der Waals surface area contributed by atoms with Crippen molar-refractivity contribution >= 4 is 5.97 Å². The molecule has 0 saturated carbocycles. The molecule has 0 aliphatic rings. The third kappa shape index (κ3) is 2.29. The minimum atomic E-state index is -0.815. The Morgan fingerprint density at radius 3 is 2.69 bits per heavy atom. The Balaban J connectivity index is 2.98. The van der Waals surface area contributed by atoms with Crippen LogP contribution < -0.4 is 0 Å². The smallest absolute Gasteiger partial charge is 0.337 e. The summed E-state index contributed by atoms with van der Waals surface area (Å²) in [6, 6.07) is 6.56. The van der Waals surface area contributed by atoms with Crippen molar-refractivity contribution in [3.63, 3.8) is 0 Å². The van der Waals surface area contributed by atoms with Crippen LogP contribution >= 0.6 is 0 Å². The number of ether oxygens (including phenoxy) is 1. The average Bonchev–Trinajstić information content (AvgIpc) is 2.17. The quantitative estimate of drug-likeness (QED) is 0.651. The van der Waals surface area contributed by atoms with Crippen LogP contribution in [0.25, 0.3) is 0 Å². The number of methoxy groups -OCH3 is 1. The molecule has 1 radical (unpaired) electrons. The van der Waals surface area contributed by atoms with Gasteiger partial charge < -0.3 is 4.74 Å². The molecule has 3 heteroatoms. The van der Waals surface area contributed by atoms with Gasteiger partial charge in [-0.3, -0.25) is 0 Å². The zero-order valence-corrected chi connectivity index (χ0v) is 7.61. The second kappa shape index (κ2) is 4.05. The van der Waals surface area contributed by atoms with Gasteiger partial charge in [0.05, 0.1) is 12.7 Å². The largest absolute Gasteiger partial charge is 0.465 e. The molecule has 0 aliphatic heterocycles. The van der Waals surface area contributed by atoms with E-state index in [0.717, 1.165) is 0 Å². The molecule has 1 atom stereocenters. The zero-order chi connectivity index (χ0) is 9.84. The molecular weight excluding hydrogens is 168 g/mol. The fraction of sp³-hybridized carbons (Fsp3) is 0.300. The third-order valence-corrected chi connectivity index (χ3v) is 1.78. The summed E-state index contributed by atoms with van der Waals surface area (Å²) in [4.78, 5) is 11.1. The van der Waals surface area contributed by atoms with Crippen molar-refractivity contribution in [1.82, 2.24) is 0 Å². The molecule has 3 nitrogen and oxygen atoms in total. The SMILES string of the molecule is COC(=O)c1cccc(C(C)[O])c1. The minimum absolute atomic E-state index is 0.414. The summed E-state index contributed by atoms with van der Waals surface area (Å²) in [5, 5.41) is 11.0. The fourth-order valence-electron chi connectivity index (χ4n) is 1.04. The van der Waals surface area contributed by atoms with Crippen molar-refractivity contribution in [2.75, 3.05) is 7.11 Å². The average molecular weight is 179 g/mol. The summed E-state index contributed by atoms with van der Waals surface area (Å²) in [7, 11) is 1.32. The number of esters is 1.